The molecule has 0 atom stereocenters. The van der Waals surface area contributed by atoms with Gasteiger partial charge in [-0.2, -0.15) is 0 Å². The molecule has 1 aliphatic heterocycles. The zero-order valence-electron chi connectivity index (χ0n) is 13.6. The molecule has 0 spiro atoms. The summed E-state index contributed by atoms with van der Waals surface area (Å²) in [7, 11) is 1.40. The number of anilines is 2. The average Bonchev–Trinajstić information content (AvgIpc) is 2.59. The van der Waals surface area contributed by atoms with E-state index in [0.717, 1.165) is 0 Å². The van der Waals surface area contributed by atoms with Gasteiger partial charge in [-0.1, -0.05) is 6.07 Å². The van der Waals surface area contributed by atoms with Crippen LogP contribution in [0.4, 0.5) is 15.8 Å². The van der Waals surface area contributed by atoms with Crippen molar-refractivity contribution in [3.8, 4) is 11.5 Å². The third kappa shape index (κ3) is 4.06. The van der Waals surface area contributed by atoms with Crippen LogP contribution in [0.5, 0.6) is 11.5 Å². The molecule has 25 heavy (non-hydrogen) atoms. The normalized spacial score (nSPS) is 12.6. The number of nitrogens with one attached hydrogen (secondary N) is 2. The van der Waals surface area contributed by atoms with Crippen molar-refractivity contribution in [1.29, 1.82) is 0 Å². The van der Waals surface area contributed by atoms with E-state index in [2.05, 4.69) is 10.6 Å². The smallest absolute Gasteiger partial charge is 0.262 e. The van der Waals surface area contributed by atoms with Crippen molar-refractivity contribution in [2.75, 3.05) is 24.4 Å². The minimum atomic E-state index is -0.453. The lowest BCUT2D eigenvalue weighted by Crippen LogP contribution is -2.25. The zero-order valence-corrected chi connectivity index (χ0v) is 13.6. The molecule has 0 unspecified atom stereocenters. The summed E-state index contributed by atoms with van der Waals surface area (Å²) >= 11 is 0. The maximum absolute atomic E-state index is 13.6. The second kappa shape index (κ2) is 7.21. The first-order valence-corrected chi connectivity index (χ1v) is 7.74. The van der Waals surface area contributed by atoms with Crippen molar-refractivity contribution in [2.24, 2.45) is 0 Å². The summed E-state index contributed by atoms with van der Waals surface area (Å²) in [5, 5.41) is 5.43. The average molecular weight is 344 g/mol. The van der Waals surface area contributed by atoms with E-state index in [9.17, 15) is 14.0 Å². The molecule has 6 nitrogen and oxygen atoms in total. The molecule has 2 amide bonds. The van der Waals surface area contributed by atoms with Crippen LogP contribution in [0.1, 0.15) is 12.0 Å². The van der Waals surface area contributed by atoms with E-state index in [4.69, 9.17) is 9.47 Å². The molecule has 0 fully saturated rings. The molecule has 1 aliphatic rings. The molecule has 0 bridgehead atoms. The molecule has 1 heterocycles. The fraction of sp³-hybridized carbons (Fsp3) is 0.222. The summed E-state index contributed by atoms with van der Waals surface area (Å²) in [5.74, 6) is -0.166. The number of hydrogen-bond acceptors (Lipinski definition) is 4. The lowest BCUT2D eigenvalue weighted by Gasteiger charge is -2.18. The lowest BCUT2D eigenvalue weighted by molar-refractivity contribution is -0.118. The predicted octanol–water partition coefficient (Wildman–Crippen LogP) is 2.74. The Balaban J connectivity index is 1.58. The van der Waals surface area contributed by atoms with Gasteiger partial charge in [0.2, 0.25) is 5.91 Å². The van der Waals surface area contributed by atoms with E-state index in [0.29, 0.717) is 29.1 Å². The summed E-state index contributed by atoms with van der Waals surface area (Å²) in [6, 6.07) is 9.63. The van der Waals surface area contributed by atoms with Crippen molar-refractivity contribution in [2.45, 2.75) is 12.8 Å². The van der Waals surface area contributed by atoms with Gasteiger partial charge in [0, 0.05) is 12.1 Å². The van der Waals surface area contributed by atoms with Crippen LogP contribution < -0.4 is 20.1 Å². The zero-order chi connectivity index (χ0) is 17.8. The van der Waals surface area contributed by atoms with Crippen LogP contribution in [0, 0.1) is 5.82 Å². The van der Waals surface area contributed by atoms with Crippen molar-refractivity contribution >= 4 is 23.2 Å². The molecule has 2 aromatic carbocycles. The molecule has 0 saturated heterocycles. The number of carbonyl (C=O) groups excluding carboxylic acids is 2. The van der Waals surface area contributed by atoms with Crippen LogP contribution in [-0.2, 0) is 16.0 Å². The summed E-state index contributed by atoms with van der Waals surface area (Å²) in [4.78, 5) is 23.4. The maximum Gasteiger partial charge on any atom is 0.262 e. The first kappa shape index (κ1) is 16.8. The molecular weight excluding hydrogens is 327 g/mol. The molecule has 0 radical (unpaired) electrons. The Morgan fingerprint density at radius 1 is 1.32 bits per heavy atom. The highest BCUT2D eigenvalue weighted by molar-refractivity contribution is 5.97. The van der Waals surface area contributed by atoms with E-state index in [1.165, 1.54) is 19.2 Å². The minimum absolute atomic E-state index is 0.0167. The highest BCUT2D eigenvalue weighted by Crippen LogP contribution is 2.30. The van der Waals surface area contributed by atoms with E-state index in [-0.39, 0.29) is 30.6 Å². The first-order chi connectivity index (χ1) is 12.0. The van der Waals surface area contributed by atoms with Gasteiger partial charge in [-0.05, 0) is 42.3 Å². The molecule has 2 aromatic rings. The number of methoxy groups -OCH3 is 1. The standard InChI is InChI=1S/C18H17FN2O4/c1-24-15-5-2-11(8-13(15)19)3-7-17(22)20-12-4-6-16-14(9-12)21-18(23)10-25-16/h2,4-6,8-9H,3,7,10H2,1H3,(H,20,22)(H,21,23). The molecular formula is C18H17FN2O4. The molecule has 2 N–H and O–H groups in total. The summed E-state index contributed by atoms with van der Waals surface area (Å²) in [6.07, 6.45) is 0.600. The van der Waals surface area contributed by atoms with Gasteiger partial charge in [-0.3, -0.25) is 9.59 Å². The number of aryl methyl sites for hydroxylation is 1. The van der Waals surface area contributed by atoms with Gasteiger partial charge >= 0.3 is 0 Å². The van der Waals surface area contributed by atoms with E-state index in [1.54, 1.807) is 24.3 Å². The van der Waals surface area contributed by atoms with Gasteiger partial charge in [0.1, 0.15) is 5.75 Å². The number of fused-ring (bicyclic) bond motifs is 1. The SMILES string of the molecule is COc1ccc(CCC(=O)Nc2ccc3c(c2)NC(=O)CO3)cc1F. The number of halogens is 1. The van der Waals surface area contributed by atoms with Crippen molar-refractivity contribution < 1.29 is 23.5 Å². The summed E-state index contributed by atoms with van der Waals surface area (Å²) in [5.41, 5.74) is 1.78. The van der Waals surface area contributed by atoms with Gasteiger partial charge in [0.15, 0.2) is 18.2 Å². The molecule has 0 aromatic heterocycles. The Morgan fingerprint density at radius 3 is 2.92 bits per heavy atom. The topological polar surface area (TPSA) is 76.7 Å². The maximum atomic E-state index is 13.6. The van der Waals surface area contributed by atoms with E-state index >= 15 is 0 Å². The predicted molar refractivity (Wildman–Crippen MR) is 90.5 cm³/mol. The van der Waals surface area contributed by atoms with Gasteiger partial charge < -0.3 is 20.1 Å². The summed E-state index contributed by atoms with van der Waals surface area (Å²) < 4.78 is 23.8. The van der Waals surface area contributed by atoms with E-state index < -0.39 is 5.82 Å². The molecule has 3 rings (SSSR count). The fourth-order valence-electron chi connectivity index (χ4n) is 2.51. The van der Waals surface area contributed by atoms with Crippen molar-refractivity contribution in [3.05, 3.63) is 47.8 Å². The Bertz CT molecular complexity index is 823. The highest BCUT2D eigenvalue weighted by atomic mass is 19.1. The van der Waals surface area contributed by atoms with Crippen LogP contribution in [0.15, 0.2) is 36.4 Å². The number of hydrogen-bond donors (Lipinski definition) is 2. The van der Waals surface area contributed by atoms with Gasteiger partial charge in [0.25, 0.3) is 5.91 Å². The monoisotopic (exact) mass is 344 g/mol. The fourth-order valence-corrected chi connectivity index (χ4v) is 2.51. The molecule has 0 aliphatic carbocycles. The molecule has 0 saturated carbocycles. The quantitative estimate of drug-likeness (QED) is 0.874. The van der Waals surface area contributed by atoms with Crippen LogP contribution in [-0.4, -0.2) is 25.5 Å². The second-order valence-electron chi connectivity index (χ2n) is 5.56. The number of benzene rings is 2. The Labute approximate surface area is 143 Å². The van der Waals surface area contributed by atoms with Gasteiger partial charge in [0.05, 0.1) is 12.8 Å². The van der Waals surface area contributed by atoms with Gasteiger partial charge in [-0.25, -0.2) is 4.39 Å². The summed E-state index contributed by atoms with van der Waals surface area (Å²) in [6.45, 7) is -0.0167. The largest absolute Gasteiger partial charge is 0.494 e. The third-order valence-corrected chi connectivity index (χ3v) is 3.75. The third-order valence-electron chi connectivity index (χ3n) is 3.75. The highest BCUT2D eigenvalue weighted by Gasteiger charge is 2.16. The minimum Gasteiger partial charge on any atom is -0.494 e. The van der Waals surface area contributed by atoms with Gasteiger partial charge in [-0.15, -0.1) is 0 Å². The van der Waals surface area contributed by atoms with E-state index in [1.807, 2.05) is 0 Å². The Hall–Kier alpha value is -3.09. The van der Waals surface area contributed by atoms with Crippen molar-refractivity contribution in [3.63, 3.8) is 0 Å². The number of ether oxygens (including phenoxy) is 2. The molecule has 7 heteroatoms. The Kier molecular flexibility index (Phi) is 4.83. The lowest BCUT2D eigenvalue weighted by atomic mass is 10.1. The van der Waals surface area contributed by atoms with Crippen molar-refractivity contribution in [1.82, 2.24) is 0 Å². The number of amides is 2. The first-order valence-electron chi connectivity index (χ1n) is 7.74. The van der Waals surface area contributed by atoms with Crippen LogP contribution in [0.25, 0.3) is 0 Å². The molecule has 130 valence electrons. The van der Waals surface area contributed by atoms with Crippen LogP contribution in [0.2, 0.25) is 0 Å². The number of rotatable bonds is 5. The second-order valence-corrected chi connectivity index (χ2v) is 5.56. The number of carbonyl (C=O) groups is 2. The van der Waals surface area contributed by atoms with Crippen LogP contribution in [0.3, 0.4) is 0 Å². The Morgan fingerprint density at radius 2 is 2.16 bits per heavy atom. The van der Waals surface area contributed by atoms with Crippen LogP contribution >= 0.6 is 0 Å².